The lowest BCUT2D eigenvalue weighted by Gasteiger charge is -2.30. The van der Waals surface area contributed by atoms with Crippen molar-refractivity contribution in [3.63, 3.8) is 0 Å². The average Bonchev–Trinajstić information content (AvgIpc) is 3.25. The number of fused-ring (bicyclic) bond motifs is 2. The first-order valence-electron chi connectivity index (χ1n) is 8.99. The second-order valence-electron chi connectivity index (χ2n) is 7.45. The van der Waals surface area contributed by atoms with E-state index in [0.717, 1.165) is 18.1 Å². The number of nitrogens with one attached hydrogen (secondary N) is 2. The molecule has 26 heavy (non-hydrogen) atoms. The predicted molar refractivity (Wildman–Crippen MR) is 96.2 cm³/mol. The van der Waals surface area contributed by atoms with Gasteiger partial charge in [-0.1, -0.05) is 19.6 Å². The summed E-state index contributed by atoms with van der Waals surface area (Å²) in [6, 6.07) is -0.375. The maximum atomic E-state index is 12.3. The standard InChI is InChI=1S/C19H28N2O5/c1-4-16(22)25-11-19(3,12-26-17(23)5-2)21-18(24)20-10-15-9-13-6-7-14(15)8-13/h4-5,13-15H,1-2,6-12H2,3H3,(H2,20,21,24). The molecule has 2 fully saturated rings. The highest BCUT2D eigenvalue weighted by atomic mass is 16.5. The van der Waals surface area contributed by atoms with Gasteiger partial charge in [0.2, 0.25) is 0 Å². The summed E-state index contributed by atoms with van der Waals surface area (Å²) in [7, 11) is 0. The highest BCUT2D eigenvalue weighted by molar-refractivity contribution is 5.82. The number of carbonyl (C=O) groups excluding carboxylic acids is 3. The summed E-state index contributed by atoms with van der Waals surface area (Å²) in [4.78, 5) is 34.9. The molecule has 0 aromatic rings. The zero-order valence-corrected chi connectivity index (χ0v) is 15.3. The molecule has 2 rings (SSSR count). The van der Waals surface area contributed by atoms with Crippen LogP contribution in [0, 0.1) is 17.8 Å². The first-order valence-corrected chi connectivity index (χ1v) is 8.99. The Morgan fingerprint density at radius 3 is 2.15 bits per heavy atom. The minimum Gasteiger partial charge on any atom is -0.460 e. The van der Waals surface area contributed by atoms with Crippen molar-refractivity contribution in [3.05, 3.63) is 25.3 Å². The molecule has 0 spiro atoms. The van der Waals surface area contributed by atoms with Crippen LogP contribution in [0.4, 0.5) is 4.79 Å². The normalized spacial score (nSPS) is 23.8. The van der Waals surface area contributed by atoms with E-state index in [1.165, 1.54) is 25.7 Å². The molecule has 2 amide bonds. The van der Waals surface area contributed by atoms with E-state index in [9.17, 15) is 14.4 Å². The van der Waals surface area contributed by atoms with Gasteiger partial charge in [-0.15, -0.1) is 0 Å². The molecule has 144 valence electrons. The zero-order chi connectivity index (χ0) is 19.2. The Hall–Kier alpha value is -2.31. The van der Waals surface area contributed by atoms with Crippen LogP contribution in [0.25, 0.3) is 0 Å². The van der Waals surface area contributed by atoms with Crippen molar-refractivity contribution >= 4 is 18.0 Å². The molecule has 2 bridgehead atoms. The monoisotopic (exact) mass is 364 g/mol. The van der Waals surface area contributed by atoms with Crippen LogP contribution in [0.1, 0.15) is 32.6 Å². The molecule has 2 N–H and O–H groups in total. The highest BCUT2D eigenvalue weighted by Crippen LogP contribution is 2.47. The van der Waals surface area contributed by atoms with Crippen molar-refractivity contribution < 1.29 is 23.9 Å². The van der Waals surface area contributed by atoms with Crippen molar-refractivity contribution in [1.29, 1.82) is 0 Å². The van der Waals surface area contributed by atoms with Gasteiger partial charge in [0.05, 0.1) is 0 Å². The van der Waals surface area contributed by atoms with Gasteiger partial charge in [-0.2, -0.15) is 0 Å². The Kier molecular flexibility index (Phi) is 6.83. The van der Waals surface area contributed by atoms with Gasteiger partial charge >= 0.3 is 18.0 Å². The Bertz CT molecular complexity index is 550. The second kappa shape index (κ2) is 8.87. The fourth-order valence-corrected chi connectivity index (χ4v) is 3.86. The van der Waals surface area contributed by atoms with Crippen molar-refractivity contribution in [2.24, 2.45) is 17.8 Å². The van der Waals surface area contributed by atoms with E-state index in [0.29, 0.717) is 18.4 Å². The molecular weight excluding hydrogens is 336 g/mol. The molecule has 0 radical (unpaired) electrons. The van der Waals surface area contributed by atoms with E-state index >= 15 is 0 Å². The van der Waals surface area contributed by atoms with E-state index < -0.39 is 17.5 Å². The lowest BCUT2D eigenvalue weighted by atomic mass is 9.89. The number of esters is 2. The summed E-state index contributed by atoms with van der Waals surface area (Å²) in [5.74, 6) is 0.833. The van der Waals surface area contributed by atoms with Gasteiger partial charge in [0.25, 0.3) is 0 Å². The fourth-order valence-electron chi connectivity index (χ4n) is 3.86. The van der Waals surface area contributed by atoms with Gasteiger partial charge in [0, 0.05) is 18.7 Å². The number of carbonyl (C=O) groups is 3. The molecular formula is C19H28N2O5. The van der Waals surface area contributed by atoms with Crippen molar-refractivity contribution in [1.82, 2.24) is 10.6 Å². The maximum absolute atomic E-state index is 12.3. The van der Waals surface area contributed by atoms with E-state index in [4.69, 9.17) is 9.47 Å². The largest absolute Gasteiger partial charge is 0.460 e. The number of ether oxygens (including phenoxy) is 2. The molecule has 2 aliphatic carbocycles. The van der Waals surface area contributed by atoms with Gasteiger partial charge in [0.1, 0.15) is 18.8 Å². The molecule has 2 aliphatic rings. The van der Waals surface area contributed by atoms with E-state index in [-0.39, 0.29) is 19.2 Å². The van der Waals surface area contributed by atoms with Crippen LogP contribution in [0.5, 0.6) is 0 Å². The van der Waals surface area contributed by atoms with Crippen molar-refractivity contribution in [3.8, 4) is 0 Å². The van der Waals surface area contributed by atoms with Crippen LogP contribution in [-0.2, 0) is 19.1 Å². The smallest absolute Gasteiger partial charge is 0.330 e. The van der Waals surface area contributed by atoms with Crippen LogP contribution < -0.4 is 10.6 Å². The first-order chi connectivity index (χ1) is 12.3. The fraction of sp³-hybridized carbons (Fsp3) is 0.632. The molecule has 0 aromatic carbocycles. The Labute approximate surface area is 154 Å². The molecule has 0 aliphatic heterocycles. The van der Waals surface area contributed by atoms with E-state index in [1.54, 1.807) is 6.92 Å². The van der Waals surface area contributed by atoms with Crippen LogP contribution in [0.3, 0.4) is 0 Å². The highest BCUT2D eigenvalue weighted by Gasteiger charge is 2.39. The number of amides is 2. The molecule has 0 saturated heterocycles. The number of hydrogen-bond acceptors (Lipinski definition) is 5. The maximum Gasteiger partial charge on any atom is 0.330 e. The second-order valence-corrected chi connectivity index (χ2v) is 7.45. The van der Waals surface area contributed by atoms with E-state index in [2.05, 4.69) is 23.8 Å². The number of urea groups is 1. The third-order valence-electron chi connectivity index (χ3n) is 5.22. The Morgan fingerprint density at radius 2 is 1.69 bits per heavy atom. The third kappa shape index (κ3) is 5.61. The van der Waals surface area contributed by atoms with Gasteiger partial charge in [-0.05, 0) is 43.9 Å². The Morgan fingerprint density at radius 1 is 1.08 bits per heavy atom. The molecule has 2 saturated carbocycles. The summed E-state index contributed by atoms with van der Waals surface area (Å²) >= 11 is 0. The van der Waals surface area contributed by atoms with Crippen LogP contribution in [0.2, 0.25) is 0 Å². The molecule has 3 atom stereocenters. The van der Waals surface area contributed by atoms with Crippen molar-refractivity contribution in [2.75, 3.05) is 19.8 Å². The quantitative estimate of drug-likeness (QED) is 0.482. The summed E-state index contributed by atoms with van der Waals surface area (Å²) in [6.45, 7) is 8.62. The lowest BCUT2D eigenvalue weighted by molar-refractivity contribution is -0.144. The zero-order valence-electron chi connectivity index (χ0n) is 15.3. The summed E-state index contributed by atoms with van der Waals surface area (Å²) in [5, 5.41) is 5.64. The average molecular weight is 364 g/mol. The topological polar surface area (TPSA) is 93.7 Å². The van der Waals surface area contributed by atoms with E-state index in [1.807, 2.05) is 0 Å². The minimum atomic E-state index is -1.06. The van der Waals surface area contributed by atoms with Gasteiger partial charge in [0.15, 0.2) is 0 Å². The predicted octanol–water partition coefficient (Wildman–Crippen LogP) is 1.94. The van der Waals surface area contributed by atoms with Crippen LogP contribution in [-0.4, -0.2) is 43.3 Å². The number of rotatable bonds is 9. The van der Waals surface area contributed by atoms with Gasteiger partial charge in [-0.3, -0.25) is 0 Å². The van der Waals surface area contributed by atoms with Crippen LogP contribution >= 0.6 is 0 Å². The Balaban J connectivity index is 1.85. The van der Waals surface area contributed by atoms with Crippen molar-refractivity contribution in [2.45, 2.75) is 38.1 Å². The van der Waals surface area contributed by atoms with Gasteiger partial charge in [-0.25, -0.2) is 14.4 Å². The molecule has 7 heteroatoms. The summed E-state index contributed by atoms with van der Waals surface area (Å²) in [5.41, 5.74) is -1.06. The van der Waals surface area contributed by atoms with Crippen LogP contribution in [0.15, 0.2) is 25.3 Å². The third-order valence-corrected chi connectivity index (χ3v) is 5.22. The molecule has 0 heterocycles. The summed E-state index contributed by atoms with van der Waals surface area (Å²) < 4.78 is 10.0. The van der Waals surface area contributed by atoms with Gasteiger partial charge < -0.3 is 20.1 Å². The number of hydrogen-bond donors (Lipinski definition) is 2. The molecule has 3 unspecified atom stereocenters. The lowest BCUT2D eigenvalue weighted by Crippen LogP contribution is -2.56. The summed E-state index contributed by atoms with van der Waals surface area (Å²) in [6.07, 6.45) is 7.09. The SMILES string of the molecule is C=CC(=O)OCC(C)(COC(=O)C=C)NC(=O)NCC1CC2CCC1C2. The minimum absolute atomic E-state index is 0.149. The first kappa shape index (κ1) is 20.0. The molecule has 0 aromatic heterocycles. The molecule has 7 nitrogen and oxygen atoms in total.